The number of thiophene rings is 1. The number of carbonyl (C=O) groups excluding carboxylic acids is 1. The van der Waals surface area contributed by atoms with Crippen LogP contribution in [0.25, 0.3) is 22.2 Å². The van der Waals surface area contributed by atoms with Crippen LogP contribution < -0.4 is 15.4 Å². The maximum absolute atomic E-state index is 15.2. The Bertz CT molecular complexity index is 1570. The van der Waals surface area contributed by atoms with Crippen molar-refractivity contribution in [3.8, 4) is 22.6 Å². The maximum Gasteiger partial charge on any atom is 0.319 e. The predicted octanol–water partition coefficient (Wildman–Crippen LogP) is 7.61. The lowest BCUT2D eigenvalue weighted by Gasteiger charge is -2.37. The molecule has 1 aliphatic heterocycles. The van der Waals surface area contributed by atoms with E-state index in [2.05, 4.69) is 35.3 Å². The van der Waals surface area contributed by atoms with E-state index in [1.807, 2.05) is 36.1 Å². The van der Waals surface area contributed by atoms with E-state index < -0.39 is 31.5 Å². The summed E-state index contributed by atoms with van der Waals surface area (Å²) < 4.78 is 49.5. The number of aromatic nitrogens is 2. The van der Waals surface area contributed by atoms with Gasteiger partial charge in [-0.1, -0.05) is 26.6 Å². The highest BCUT2D eigenvalue weighted by atomic mass is 32.1. The van der Waals surface area contributed by atoms with Crippen LogP contribution in [-0.4, -0.2) is 50.0 Å². The number of pyridine rings is 1. The van der Waals surface area contributed by atoms with Crippen LogP contribution in [0, 0.1) is 24.0 Å². The molecule has 0 atom stereocenters. The van der Waals surface area contributed by atoms with Crippen molar-refractivity contribution in [2.75, 3.05) is 31.7 Å². The van der Waals surface area contributed by atoms with Crippen molar-refractivity contribution in [3.05, 3.63) is 58.6 Å². The van der Waals surface area contributed by atoms with Crippen LogP contribution in [0.2, 0.25) is 25.7 Å². The quantitative estimate of drug-likeness (QED) is 0.134. The number of benzene rings is 1. The summed E-state index contributed by atoms with van der Waals surface area (Å²) in [5, 5.41) is 7.83. The molecule has 2 N–H and O–H groups in total. The van der Waals surface area contributed by atoms with Crippen molar-refractivity contribution in [2.45, 2.75) is 46.3 Å². The second kappa shape index (κ2) is 12.1. The van der Waals surface area contributed by atoms with Gasteiger partial charge in [-0.3, -0.25) is 0 Å². The van der Waals surface area contributed by atoms with Gasteiger partial charge in [-0.15, -0.1) is 11.3 Å². The summed E-state index contributed by atoms with van der Waals surface area (Å²) >= 11 is 1.61. The second-order valence-electron chi connectivity index (χ2n) is 12.2. The summed E-state index contributed by atoms with van der Waals surface area (Å²) in [6.45, 7) is 13.3. The standard InChI is InChI=1S/C30H36F2N4O4SSi/c1-19-21(7-10-41-19)22-14-36(18-38-9-11-42(3,4)5)28-26(22)25(6-8-33-28)40-27-23(31)12-20(13-24(27)32)35-29(37)34-15-30(2)16-39-17-30/h6-8,10,12-14H,9,11,15-18H2,1-5H3,(H2,34,35,37). The van der Waals surface area contributed by atoms with Gasteiger partial charge in [0.1, 0.15) is 18.1 Å². The molecule has 1 aromatic carbocycles. The van der Waals surface area contributed by atoms with E-state index in [9.17, 15) is 4.79 Å². The molecule has 5 rings (SSSR count). The smallest absolute Gasteiger partial charge is 0.319 e. The molecule has 3 aromatic heterocycles. The fraction of sp³-hybridized carbons (Fsp3) is 0.400. The predicted molar refractivity (Wildman–Crippen MR) is 164 cm³/mol. The van der Waals surface area contributed by atoms with E-state index in [0.29, 0.717) is 37.4 Å². The summed E-state index contributed by atoms with van der Waals surface area (Å²) in [4.78, 5) is 18.0. The first-order chi connectivity index (χ1) is 19.9. The van der Waals surface area contributed by atoms with Crippen LogP contribution >= 0.6 is 11.3 Å². The molecular formula is C30H36F2N4O4SSi. The van der Waals surface area contributed by atoms with Crippen LogP contribution in [0.15, 0.2) is 42.0 Å². The van der Waals surface area contributed by atoms with E-state index in [1.54, 1.807) is 23.6 Å². The van der Waals surface area contributed by atoms with Crippen molar-refractivity contribution in [1.82, 2.24) is 14.9 Å². The van der Waals surface area contributed by atoms with E-state index in [1.165, 1.54) is 0 Å². The molecule has 4 aromatic rings. The van der Waals surface area contributed by atoms with Crippen LogP contribution in [-0.2, 0) is 16.2 Å². The van der Waals surface area contributed by atoms with Crippen molar-refractivity contribution in [3.63, 3.8) is 0 Å². The Morgan fingerprint density at radius 2 is 1.93 bits per heavy atom. The number of ether oxygens (including phenoxy) is 3. The zero-order valence-corrected chi connectivity index (χ0v) is 26.3. The minimum atomic E-state index is -1.25. The van der Waals surface area contributed by atoms with E-state index in [4.69, 9.17) is 14.2 Å². The highest BCUT2D eigenvalue weighted by molar-refractivity contribution is 7.10. The first kappa shape index (κ1) is 30.1. The van der Waals surface area contributed by atoms with Gasteiger partial charge in [-0.25, -0.2) is 18.6 Å². The van der Waals surface area contributed by atoms with Crippen LogP contribution in [0.4, 0.5) is 19.3 Å². The Morgan fingerprint density at radius 1 is 1.19 bits per heavy atom. The van der Waals surface area contributed by atoms with Gasteiger partial charge in [0.15, 0.2) is 17.4 Å². The van der Waals surface area contributed by atoms with Crippen molar-refractivity contribution >= 4 is 42.2 Å². The highest BCUT2D eigenvalue weighted by Crippen LogP contribution is 2.41. The van der Waals surface area contributed by atoms with Crippen molar-refractivity contribution in [2.24, 2.45) is 5.41 Å². The Labute approximate surface area is 249 Å². The lowest BCUT2D eigenvalue weighted by molar-refractivity contribution is -0.0974. The molecule has 12 heteroatoms. The number of nitrogens with zero attached hydrogens (tertiary/aromatic N) is 2. The van der Waals surface area contributed by atoms with Gasteiger partial charge in [0, 0.05) is 67.3 Å². The van der Waals surface area contributed by atoms with Gasteiger partial charge in [0.25, 0.3) is 0 Å². The Morgan fingerprint density at radius 3 is 2.55 bits per heavy atom. The highest BCUT2D eigenvalue weighted by Gasteiger charge is 2.33. The summed E-state index contributed by atoms with van der Waals surface area (Å²) in [5.74, 6) is -2.21. The summed E-state index contributed by atoms with van der Waals surface area (Å²) in [6.07, 6.45) is 3.49. The van der Waals surface area contributed by atoms with E-state index >= 15 is 8.78 Å². The number of fused-ring (bicyclic) bond motifs is 1. The normalized spacial score (nSPS) is 14.5. The first-order valence-corrected chi connectivity index (χ1v) is 18.4. The zero-order chi connectivity index (χ0) is 30.1. The Kier molecular flexibility index (Phi) is 8.70. The molecule has 0 unspecified atom stereocenters. The topological polar surface area (TPSA) is 86.6 Å². The second-order valence-corrected chi connectivity index (χ2v) is 19.0. The third-order valence-corrected chi connectivity index (χ3v) is 9.69. The molecule has 224 valence electrons. The summed E-state index contributed by atoms with van der Waals surface area (Å²) in [7, 11) is -1.25. The van der Waals surface area contributed by atoms with E-state index in [-0.39, 0.29) is 23.6 Å². The van der Waals surface area contributed by atoms with Crippen LogP contribution in [0.1, 0.15) is 11.8 Å². The Hall–Kier alpha value is -3.32. The van der Waals surface area contributed by atoms with Gasteiger partial charge < -0.3 is 29.4 Å². The number of aryl methyl sites for hydroxylation is 1. The third-order valence-electron chi connectivity index (χ3n) is 7.14. The van der Waals surface area contributed by atoms with Gasteiger partial charge >= 0.3 is 6.03 Å². The SMILES string of the molecule is Cc1sccc1-c1cn(COCC[Si](C)(C)C)c2nccc(Oc3c(F)cc(NC(=O)NCC4(C)COC4)cc3F)c12. The molecule has 1 saturated heterocycles. The minimum Gasteiger partial charge on any atom is -0.450 e. The lowest BCUT2D eigenvalue weighted by Crippen LogP contribution is -2.49. The number of hydrogen-bond donors (Lipinski definition) is 2. The van der Waals surface area contributed by atoms with E-state index in [0.717, 1.165) is 34.2 Å². The average molecular weight is 615 g/mol. The number of halogens is 2. The number of urea groups is 1. The molecule has 1 aliphatic rings. The maximum atomic E-state index is 15.2. The monoisotopic (exact) mass is 614 g/mol. The molecule has 2 amide bonds. The summed E-state index contributed by atoms with van der Waals surface area (Å²) in [5.41, 5.74) is 2.24. The van der Waals surface area contributed by atoms with Gasteiger partial charge in [-0.05, 0) is 36.0 Å². The molecule has 42 heavy (non-hydrogen) atoms. The lowest BCUT2D eigenvalue weighted by atomic mass is 9.89. The molecule has 0 spiro atoms. The number of rotatable bonds is 11. The molecule has 1 fully saturated rings. The summed E-state index contributed by atoms with van der Waals surface area (Å²) in [6, 6.07) is 6.14. The fourth-order valence-corrected chi connectivity index (χ4v) is 6.11. The van der Waals surface area contributed by atoms with Crippen molar-refractivity contribution in [1.29, 1.82) is 0 Å². The number of amides is 2. The van der Waals surface area contributed by atoms with Gasteiger partial charge in [-0.2, -0.15) is 0 Å². The number of hydrogen-bond acceptors (Lipinski definition) is 6. The minimum absolute atomic E-state index is 0.0269. The molecule has 0 bridgehead atoms. The fourth-order valence-electron chi connectivity index (χ4n) is 4.64. The molecule has 0 radical (unpaired) electrons. The molecule has 4 heterocycles. The average Bonchev–Trinajstić information content (AvgIpc) is 3.49. The molecule has 8 nitrogen and oxygen atoms in total. The zero-order valence-electron chi connectivity index (χ0n) is 24.5. The Balaban J connectivity index is 1.40. The van der Waals surface area contributed by atoms with Crippen LogP contribution in [0.3, 0.4) is 0 Å². The molecular weight excluding hydrogens is 579 g/mol. The van der Waals surface area contributed by atoms with Gasteiger partial charge in [0.2, 0.25) is 0 Å². The van der Waals surface area contributed by atoms with Crippen molar-refractivity contribution < 1.29 is 27.8 Å². The largest absolute Gasteiger partial charge is 0.450 e. The third kappa shape index (κ3) is 6.83. The first-order valence-electron chi connectivity index (χ1n) is 13.8. The number of carbonyl (C=O) groups is 1. The number of anilines is 1. The van der Waals surface area contributed by atoms with Gasteiger partial charge in [0.05, 0.1) is 18.6 Å². The molecule has 0 saturated carbocycles. The number of nitrogens with one attached hydrogen (secondary N) is 2. The molecule has 0 aliphatic carbocycles. The van der Waals surface area contributed by atoms with Crippen LogP contribution in [0.5, 0.6) is 11.5 Å².